The number of ether oxygens (including phenoxy) is 1. The maximum absolute atomic E-state index is 13.5. The number of thiazole rings is 2. The molecule has 274 valence electrons. The minimum atomic E-state index is -1.08. The second-order valence-corrected chi connectivity index (χ2v) is 15.6. The molecule has 0 bridgehead atoms. The molecule has 14 heteroatoms. The lowest BCUT2D eigenvalue weighted by Crippen LogP contribution is -2.32. The van der Waals surface area contributed by atoms with E-state index in [1.807, 2.05) is 77.6 Å². The van der Waals surface area contributed by atoms with Crippen LogP contribution < -0.4 is 15.0 Å². The van der Waals surface area contributed by atoms with Crippen molar-refractivity contribution < 1.29 is 19.4 Å². The highest BCUT2D eigenvalue weighted by Gasteiger charge is 2.27. The predicted octanol–water partition coefficient (Wildman–Crippen LogP) is 8.17. The van der Waals surface area contributed by atoms with Crippen molar-refractivity contribution in [3.8, 4) is 11.4 Å². The average molecular weight is 759 g/mol. The maximum Gasteiger partial charge on any atom is 0.355 e. The Labute approximate surface area is 319 Å². The van der Waals surface area contributed by atoms with Gasteiger partial charge in [0, 0.05) is 42.1 Å². The van der Waals surface area contributed by atoms with Crippen molar-refractivity contribution in [3.05, 3.63) is 112 Å². The Kier molecular flexibility index (Phi) is 9.78. The number of nitrogens with zero attached hydrogens (tertiary/aromatic N) is 7. The van der Waals surface area contributed by atoms with Gasteiger partial charge in [-0.25, -0.2) is 29.4 Å². The molecule has 0 saturated carbocycles. The SMILES string of the molecule is CCC(c1ncc2cnn(-c3ccc(OCCc4sc(N5CCc6cccc(C(=O)Nc7nc8ccccc8s7)c6C5)nc4C(=O)O)cc3)c2n1)C(C)C. The maximum atomic E-state index is 13.5. The molecule has 1 aliphatic rings. The van der Waals surface area contributed by atoms with Gasteiger partial charge in [0.15, 0.2) is 21.6 Å². The van der Waals surface area contributed by atoms with Gasteiger partial charge in [0.1, 0.15) is 11.6 Å². The normalized spacial score (nSPS) is 13.4. The van der Waals surface area contributed by atoms with Crippen LogP contribution in [-0.4, -0.2) is 59.9 Å². The lowest BCUT2D eigenvalue weighted by atomic mass is 9.92. The van der Waals surface area contributed by atoms with Crippen LogP contribution in [0.25, 0.3) is 26.9 Å². The van der Waals surface area contributed by atoms with E-state index in [0.29, 0.717) is 58.3 Å². The topological polar surface area (TPSA) is 148 Å². The molecule has 0 aliphatic carbocycles. The molecule has 54 heavy (non-hydrogen) atoms. The van der Waals surface area contributed by atoms with E-state index in [2.05, 4.69) is 51.0 Å². The van der Waals surface area contributed by atoms with Crippen LogP contribution in [0.1, 0.15) is 75.8 Å². The number of hydrogen-bond acceptors (Lipinski definition) is 11. The molecule has 12 nitrogen and oxygen atoms in total. The van der Waals surface area contributed by atoms with Crippen molar-refractivity contribution in [2.45, 2.75) is 52.5 Å². The van der Waals surface area contributed by atoms with Gasteiger partial charge in [0.2, 0.25) is 0 Å². The Morgan fingerprint density at radius 2 is 1.81 bits per heavy atom. The highest BCUT2D eigenvalue weighted by molar-refractivity contribution is 7.22. The van der Waals surface area contributed by atoms with Crippen LogP contribution >= 0.6 is 22.7 Å². The van der Waals surface area contributed by atoms with E-state index < -0.39 is 5.97 Å². The van der Waals surface area contributed by atoms with E-state index >= 15 is 0 Å². The van der Waals surface area contributed by atoms with Crippen LogP contribution in [0.4, 0.5) is 10.3 Å². The van der Waals surface area contributed by atoms with Crippen molar-refractivity contribution in [1.82, 2.24) is 29.7 Å². The summed E-state index contributed by atoms with van der Waals surface area (Å²) in [5, 5.41) is 19.6. The zero-order chi connectivity index (χ0) is 37.3. The molecule has 2 N–H and O–H groups in total. The number of amides is 1. The van der Waals surface area contributed by atoms with Crippen LogP contribution in [0, 0.1) is 5.92 Å². The van der Waals surface area contributed by atoms with Gasteiger partial charge in [-0.05, 0) is 72.4 Å². The third-order valence-electron chi connectivity index (χ3n) is 9.77. The van der Waals surface area contributed by atoms with Gasteiger partial charge in [-0.2, -0.15) is 5.10 Å². The number of carboxylic acid groups (broad SMARTS) is 1. The highest BCUT2D eigenvalue weighted by Crippen LogP contribution is 2.34. The van der Waals surface area contributed by atoms with Crippen LogP contribution in [0.2, 0.25) is 0 Å². The van der Waals surface area contributed by atoms with E-state index in [0.717, 1.165) is 50.3 Å². The molecule has 1 amide bonds. The second-order valence-electron chi connectivity index (χ2n) is 13.5. The van der Waals surface area contributed by atoms with Gasteiger partial charge in [-0.15, -0.1) is 11.3 Å². The molecule has 7 aromatic rings. The molecule has 1 atom stereocenters. The lowest BCUT2D eigenvalue weighted by Gasteiger charge is -2.29. The minimum absolute atomic E-state index is 0.0244. The quantitative estimate of drug-likeness (QED) is 0.125. The van der Waals surface area contributed by atoms with E-state index in [-0.39, 0.29) is 24.1 Å². The number of carbonyl (C=O) groups is 2. The fourth-order valence-electron chi connectivity index (χ4n) is 6.95. The number of carbonyl (C=O) groups excluding carboxylic acids is 1. The van der Waals surface area contributed by atoms with Crippen molar-refractivity contribution >= 4 is 66.1 Å². The molecule has 1 aliphatic heterocycles. The zero-order valence-corrected chi connectivity index (χ0v) is 31.7. The van der Waals surface area contributed by atoms with E-state index in [9.17, 15) is 14.7 Å². The van der Waals surface area contributed by atoms with E-state index in [1.165, 1.54) is 22.7 Å². The number of nitrogens with one attached hydrogen (secondary N) is 1. The number of anilines is 2. The van der Waals surface area contributed by atoms with Gasteiger partial charge >= 0.3 is 5.97 Å². The first-order chi connectivity index (χ1) is 26.2. The highest BCUT2D eigenvalue weighted by atomic mass is 32.1. The van der Waals surface area contributed by atoms with E-state index in [4.69, 9.17) is 9.72 Å². The first-order valence-electron chi connectivity index (χ1n) is 17.9. The predicted molar refractivity (Wildman–Crippen MR) is 212 cm³/mol. The standard InChI is InChI=1S/C40H38N8O4S2/c1-4-28(23(2)3)35-41-20-25-21-42-48(36(25)45-35)26-12-14-27(15-13-26)52-19-17-33-34(38(50)51)44-40(54-33)47-18-16-24-8-7-9-29(30(24)22-47)37(49)46-39-43-31-10-5-6-11-32(31)53-39/h5-15,20-21,23,28H,4,16-19,22H2,1-3H3,(H,50,51)(H,43,46,49). The third-order valence-corrected chi connectivity index (χ3v) is 11.9. The molecule has 0 saturated heterocycles. The van der Waals surface area contributed by atoms with Gasteiger partial charge < -0.3 is 14.7 Å². The number of hydrogen-bond donors (Lipinski definition) is 2. The Morgan fingerprint density at radius 1 is 0.981 bits per heavy atom. The van der Waals surface area contributed by atoms with Gasteiger partial charge in [-0.1, -0.05) is 56.4 Å². The van der Waals surface area contributed by atoms with Gasteiger partial charge in [0.05, 0.1) is 34.1 Å². The Balaban J connectivity index is 0.939. The average Bonchev–Trinajstić information content (AvgIpc) is 3.91. The number of fused-ring (bicyclic) bond motifs is 3. The molecular weight excluding hydrogens is 721 g/mol. The van der Waals surface area contributed by atoms with Gasteiger partial charge in [-0.3, -0.25) is 10.1 Å². The summed E-state index contributed by atoms with van der Waals surface area (Å²) in [5.41, 5.74) is 5.04. The Hall–Kier alpha value is -5.73. The lowest BCUT2D eigenvalue weighted by molar-refractivity contribution is 0.0690. The molecule has 0 fully saturated rings. The molecule has 8 rings (SSSR count). The fourth-order valence-corrected chi connectivity index (χ4v) is 8.87. The first kappa shape index (κ1) is 35.3. The molecule has 0 spiro atoms. The van der Waals surface area contributed by atoms with Crippen molar-refractivity contribution in [3.63, 3.8) is 0 Å². The summed E-state index contributed by atoms with van der Waals surface area (Å²) in [6.07, 6.45) is 5.65. The Bertz CT molecular complexity index is 2460. The number of rotatable bonds is 12. The molecule has 4 aromatic heterocycles. The van der Waals surface area contributed by atoms with Crippen molar-refractivity contribution in [2.75, 3.05) is 23.4 Å². The number of benzene rings is 3. The number of aromatic nitrogens is 6. The number of carboxylic acids is 1. The summed E-state index contributed by atoms with van der Waals surface area (Å²) in [6.45, 7) is 7.89. The van der Waals surface area contributed by atoms with Crippen LogP contribution in [0.15, 0.2) is 79.1 Å². The number of para-hydroxylation sites is 1. The Morgan fingerprint density at radius 3 is 2.59 bits per heavy atom. The third kappa shape index (κ3) is 7.01. The summed E-state index contributed by atoms with van der Waals surface area (Å²) in [4.78, 5) is 47.1. The van der Waals surface area contributed by atoms with Crippen LogP contribution in [0.3, 0.4) is 0 Å². The largest absolute Gasteiger partial charge is 0.493 e. The minimum Gasteiger partial charge on any atom is -0.493 e. The number of aromatic carboxylic acids is 1. The smallest absolute Gasteiger partial charge is 0.355 e. The molecule has 3 aromatic carbocycles. The first-order valence-corrected chi connectivity index (χ1v) is 19.6. The summed E-state index contributed by atoms with van der Waals surface area (Å²) in [6, 6.07) is 21.1. The van der Waals surface area contributed by atoms with Gasteiger partial charge in [0.25, 0.3) is 5.91 Å². The molecular formula is C40H38N8O4S2. The second kappa shape index (κ2) is 15.0. The summed E-state index contributed by atoms with van der Waals surface area (Å²) < 4.78 is 8.89. The van der Waals surface area contributed by atoms with Crippen LogP contribution in [-0.2, 0) is 19.4 Å². The molecule has 1 unspecified atom stereocenters. The van der Waals surface area contributed by atoms with Crippen molar-refractivity contribution in [1.29, 1.82) is 0 Å². The fraction of sp³-hybridized carbons (Fsp3) is 0.275. The summed E-state index contributed by atoms with van der Waals surface area (Å²) in [7, 11) is 0. The van der Waals surface area contributed by atoms with E-state index in [1.54, 1.807) is 6.20 Å². The monoisotopic (exact) mass is 758 g/mol. The molecule has 0 radical (unpaired) electrons. The summed E-state index contributed by atoms with van der Waals surface area (Å²) >= 11 is 2.79. The van der Waals surface area contributed by atoms with Crippen LogP contribution in [0.5, 0.6) is 5.75 Å². The van der Waals surface area contributed by atoms with Crippen molar-refractivity contribution in [2.24, 2.45) is 5.92 Å². The zero-order valence-electron chi connectivity index (χ0n) is 30.0. The molecule has 5 heterocycles. The summed E-state index contributed by atoms with van der Waals surface area (Å²) in [5.74, 6) is 0.869.